The molecule has 0 N–H and O–H groups in total. The maximum absolute atomic E-state index is 5.32. The van der Waals surface area contributed by atoms with E-state index < -0.39 is 4.29 Å². The van der Waals surface area contributed by atoms with Gasteiger partial charge in [-0.15, -0.1) is 0 Å². The third kappa shape index (κ3) is 5.63. The van der Waals surface area contributed by atoms with E-state index in [1.165, 1.54) is 0 Å². The molecule has 2 aromatic heterocycles. The normalized spacial score (nSPS) is 12.7. The number of nitrogens with zero attached hydrogens (tertiary/aromatic N) is 3. The lowest BCUT2D eigenvalue weighted by Crippen LogP contribution is -2.17. The SMILES string of the molecule is BrC(Br)(Br)c1nc(CCc2ccco2)nc(C(Br)(Br)Br)n1. The van der Waals surface area contributed by atoms with Gasteiger partial charge in [-0.25, -0.2) is 15.0 Å². The van der Waals surface area contributed by atoms with E-state index in [-0.39, 0.29) is 0 Å². The molecule has 0 amide bonds. The molecule has 0 saturated heterocycles. The highest BCUT2D eigenvalue weighted by Crippen LogP contribution is 2.46. The van der Waals surface area contributed by atoms with Crippen molar-refractivity contribution in [1.29, 1.82) is 0 Å². The zero-order valence-electron chi connectivity index (χ0n) is 10.2. The monoisotopic (exact) mass is 671 g/mol. The Morgan fingerprint density at radius 1 is 0.857 bits per heavy atom. The van der Waals surface area contributed by atoms with Crippen LogP contribution in [0.1, 0.15) is 23.2 Å². The van der Waals surface area contributed by atoms with Gasteiger partial charge in [0.25, 0.3) is 0 Å². The largest absolute Gasteiger partial charge is 0.469 e. The maximum atomic E-state index is 5.32. The molecule has 2 aromatic rings. The molecule has 0 radical (unpaired) electrons. The van der Waals surface area contributed by atoms with Gasteiger partial charge in [-0.3, -0.25) is 0 Å². The highest BCUT2D eigenvalue weighted by molar-refractivity contribution is 9.39. The van der Waals surface area contributed by atoms with Gasteiger partial charge in [0.2, 0.25) is 0 Å². The predicted octanol–water partition coefficient (Wildman–Crippen LogP) is 5.84. The second kappa shape index (κ2) is 7.38. The Morgan fingerprint density at radius 3 is 1.86 bits per heavy atom. The van der Waals surface area contributed by atoms with E-state index >= 15 is 0 Å². The molecule has 0 unspecified atom stereocenters. The number of rotatable bonds is 3. The van der Waals surface area contributed by atoms with Gasteiger partial charge >= 0.3 is 0 Å². The van der Waals surface area contributed by atoms with Crippen LogP contribution in [0.3, 0.4) is 0 Å². The summed E-state index contributed by atoms with van der Waals surface area (Å²) >= 11 is 20.6. The van der Waals surface area contributed by atoms with E-state index in [0.717, 1.165) is 12.2 Å². The van der Waals surface area contributed by atoms with Crippen molar-refractivity contribution < 1.29 is 4.42 Å². The van der Waals surface area contributed by atoms with Crippen LogP contribution in [0, 0.1) is 0 Å². The van der Waals surface area contributed by atoms with Crippen molar-refractivity contribution in [1.82, 2.24) is 15.0 Å². The van der Waals surface area contributed by atoms with Crippen LogP contribution in [-0.2, 0) is 17.1 Å². The number of hydrogen-bond donors (Lipinski definition) is 0. The molecule has 0 aliphatic carbocycles. The molecule has 4 nitrogen and oxygen atoms in total. The Bertz CT molecular complexity index is 573. The molecule has 2 rings (SSSR count). The van der Waals surface area contributed by atoms with Gasteiger partial charge in [-0.2, -0.15) is 0 Å². The third-order valence-corrected chi connectivity index (χ3v) is 4.49. The summed E-state index contributed by atoms with van der Waals surface area (Å²) in [6.45, 7) is 0. The Kier molecular flexibility index (Phi) is 6.50. The van der Waals surface area contributed by atoms with Crippen LogP contribution < -0.4 is 0 Å². The Labute approximate surface area is 172 Å². The molecule has 0 fully saturated rings. The zero-order chi connectivity index (χ0) is 15.7. The fourth-order valence-electron chi connectivity index (χ4n) is 1.47. The Hall–Kier alpha value is 1.17. The highest BCUT2D eigenvalue weighted by atomic mass is 80.0. The van der Waals surface area contributed by atoms with E-state index in [9.17, 15) is 0 Å². The number of aryl methyl sites for hydroxylation is 2. The second-order valence-corrected chi connectivity index (χ2v) is 17.5. The van der Waals surface area contributed by atoms with Gasteiger partial charge in [-0.1, -0.05) is 95.6 Å². The molecule has 21 heavy (non-hydrogen) atoms. The van der Waals surface area contributed by atoms with Gasteiger partial charge in [0.1, 0.15) is 11.6 Å². The van der Waals surface area contributed by atoms with Crippen LogP contribution in [0.2, 0.25) is 0 Å². The minimum Gasteiger partial charge on any atom is -0.469 e. The van der Waals surface area contributed by atoms with Crippen LogP contribution >= 0.6 is 95.6 Å². The Balaban J connectivity index is 2.31. The Morgan fingerprint density at radius 2 is 1.43 bits per heavy atom. The van der Waals surface area contributed by atoms with Crippen LogP contribution in [0.4, 0.5) is 0 Å². The van der Waals surface area contributed by atoms with Gasteiger partial charge < -0.3 is 4.42 Å². The van der Waals surface area contributed by atoms with Gasteiger partial charge in [-0.05, 0) is 12.1 Å². The van der Waals surface area contributed by atoms with Crippen molar-refractivity contribution in [3.05, 3.63) is 41.6 Å². The van der Waals surface area contributed by atoms with Crippen LogP contribution in [-0.4, -0.2) is 15.0 Å². The summed E-state index contributed by atoms with van der Waals surface area (Å²) in [4.78, 5) is 13.3. The van der Waals surface area contributed by atoms with Crippen LogP contribution in [0.5, 0.6) is 0 Å². The summed E-state index contributed by atoms with van der Waals surface area (Å²) in [6.07, 6.45) is 3.01. The van der Waals surface area contributed by atoms with Crippen molar-refractivity contribution >= 4 is 95.6 Å². The number of hydrogen-bond acceptors (Lipinski definition) is 4. The molecular formula is C11H7Br6N3O. The third-order valence-electron chi connectivity index (χ3n) is 2.36. The van der Waals surface area contributed by atoms with E-state index in [0.29, 0.717) is 23.9 Å². The summed E-state index contributed by atoms with van der Waals surface area (Å²) in [6, 6.07) is 3.79. The topological polar surface area (TPSA) is 51.8 Å². The maximum Gasteiger partial charge on any atom is 0.194 e. The van der Waals surface area contributed by atoms with Crippen molar-refractivity contribution in [3.63, 3.8) is 0 Å². The molecule has 0 aliphatic heterocycles. The molecule has 0 bridgehead atoms. The molecular weight excluding hydrogens is 670 g/mol. The standard InChI is InChI=1S/C11H7Br6N3O/c12-10(13,14)8-18-7(4-3-6-2-1-5-21-6)19-9(20-8)11(15,16)17/h1-2,5H,3-4H2. The second-order valence-electron chi connectivity index (χ2n) is 3.97. The first kappa shape index (κ1) is 18.5. The summed E-state index contributed by atoms with van der Waals surface area (Å²) in [5.41, 5.74) is 0. The molecule has 10 heteroatoms. The van der Waals surface area contributed by atoms with E-state index in [1.807, 2.05) is 12.1 Å². The quantitative estimate of drug-likeness (QED) is 0.384. The fraction of sp³-hybridized carbons (Fsp3) is 0.364. The van der Waals surface area contributed by atoms with Crippen molar-refractivity contribution in [2.45, 2.75) is 17.1 Å². The zero-order valence-corrected chi connectivity index (χ0v) is 19.7. The lowest BCUT2D eigenvalue weighted by Gasteiger charge is -2.16. The first-order chi connectivity index (χ1) is 9.66. The summed E-state index contributed by atoms with van der Waals surface area (Å²) in [7, 11) is 0. The fourth-order valence-corrected chi connectivity index (χ4v) is 2.54. The van der Waals surface area contributed by atoms with E-state index in [4.69, 9.17) is 4.42 Å². The first-order valence-electron chi connectivity index (χ1n) is 5.58. The molecule has 0 aromatic carbocycles. The number of halogens is 6. The smallest absolute Gasteiger partial charge is 0.194 e. The highest BCUT2D eigenvalue weighted by Gasteiger charge is 2.31. The van der Waals surface area contributed by atoms with Crippen molar-refractivity contribution in [3.8, 4) is 0 Å². The van der Waals surface area contributed by atoms with E-state index in [2.05, 4.69) is 111 Å². The lowest BCUT2D eigenvalue weighted by molar-refractivity contribution is 0.505. The molecule has 0 saturated carbocycles. The minimum atomic E-state index is -0.706. The number of furan rings is 1. The molecule has 0 atom stereocenters. The predicted molar refractivity (Wildman–Crippen MR) is 103 cm³/mol. The molecule has 0 aliphatic rings. The number of aromatic nitrogens is 3. The summed E-state index contributed by atoms with van der Waals surface area (Å²) in [5.74, 6) is 2.59. The molecule has 2 heterocycles. The average molecular weight is 677 g/mol. The lowest BCUT2D eigenvalue weighted by atomic mass is 10.2. The van der Waals surface area contributed by atoms with Gasteiger partial charge in [0, 0.05) is 12.8 Å². The first-order valence-corrected chi connectivity index (χ1v) is 10.3. The molecule has 114 valence electrons. The summed E-state index contributed by atoms with van der Waals surface area (Å²) in [5, 5.41) is 0. The average Bonchev–Trinajstić information content (AvgIpc) is 2.87. The van der Waals surface area contributed by atoms with Crippen LogP contribution in [0.25, 0.3) is 0 Å². The van der Waals surface area contributed by atoms with Crippen molar-refractivity contribution in [2.75, 3.05) is 0 Å². The number of alkyl halides is 6. The summed E-state index contributed by atoms with van der Waals surface area (Å²) < 4.78 is 3.91. The van der Waals surface area contributed by atoms with Gasteiger partial charge in [0.05, 0.1) is 6.26 Å². The molecule has 0 spiro atoms. The van der Waals surface area contributed by atoms with Gasteiger partial charge in [0.15, 0.2) is 15.9 Å². The van der Waals surface area contributed by atoms with Crippen molar-refractivity contribution in [2.24, 2.45) is 0 Å². The van der Waals surface area contributed by atoms with Crippen LogP contribution in [0.15, 0.2) is 22.8 Å². The van der Waals surface area contributed by atoms with E-state index in [1.54, 1.807) is 6.26 Å². The minimum absolute atomic E-state index is 0.518.